The summed E-state index contributed by atoms with van der Waals surface area (Å²) in [7, 11) is 1.20. The number of anilines is 1. The topological polar surface area (TPSA) is 93.5 Å². The van der Waals surface area contributed by atoms with E-state index in [1.807, 2.05) is 30.3 Å². The third kappa shape index (κ3) is 3.86. The molecular formula is C24H23FN4O4. The molecule has 8 nitrogen and oxygen atoms in total. The van der Waals surface area contributed by atoms with E-state index in [1.165, 1.54) is 41.1 Å². The summed E-state index contributed by atoms with van der Waals surface area (Å²) >= 11 is 0. The van der Waals surface area contributed by atoms with Crippen LogP contribution in [0.3, 0.4) is 0 Å². The Labute approximate surface area is 190 Å². The van der Waals surface area contributed by atoms with Gasteiger partial charge in [-0.1, -0.05) is 30.3 Å². The molecule has 0 spiro atoms. The highest BCUT2D eigenvalue weighted by Crippen LogP contribution is 2.35. The van der Waals surface area contributed by atoms with E-state index < -0.39 is 29.1 Å². The van der Waals surface area contributed by atoms with E-state index in [2.05, 4.69) is 10.3 Å². The molecule has 1 aliphatic heterocycles. The van der Waals surface area contributed by atoms with Crippen molar-refractivity contribution in [2.75, 3.05) is 12.0 Å². The highest BCUT2D eigenvalue weighted by atomic mass is 19.1. The molecule has 1 aliphatic rings. The standard InChI is InChI=1S/C24H23FN4O4/c1-15-11-17(25)9-10-18(15)29-21(30)20-19(22(31)33-3)27-14-28(20)13-24(29,2)23(32)26-12-16-7-5-4-6-8-16/h4-11,14H,12-13H2,1-3H3,(H,26,32)/t24-/m1/s1. The summed E-state index contributed by atoms with van der Waals surface area (Å²) in [5, 5.41) is 2.90. The zero-order valence-corrected chi connectivity index (χ0v) is 18.5. The van der Waals surface area contributed by atoms with Crippen molar-refractivity contribution in [3.8, 4) is 0 Å². The van der Waals surface area contributed by atoms with Crippen molar-refractivity contribution in [1.29, 1.82) is 0 Å². The third-order valence-electron chi connectivity index (χ3n) is 5.78. The average molecular weight is 450 g/mol. The van der Waals surface area contributed by atoms with Gasteiger partial charge < -0.3 is 14.6 Å². The molecule has 2 aromatic carbocycles. The van der Waals surface area contributed by atoms with Crippen LogP contribution >= 0.6 is 0 Å². The molecule has 33 heavy (non-hydrogen) atoms. The number of ether oxygens (including phenoxy) is 1. The second kappa shape index (κ2) is 8.50. The Morgan fingerprint density at radius 3 is 2.61 bits per heavy atom. The molecule has 3 aromatic rings. The number of amides is 2. The molecule has 0 unspecified atom stereocenters. The summed E-state index contributed by atoms with van der Waals surface area (Å²) in [4.78, 5) is 44.8. The number of hydrogen-bond donors (Lipinski definition) is 1. The Hall–Kier alpha value is -4.01. The quantitative estimate of drug-likeness (QED) is 0.604. The van der Waals surface area contributed by atoms with E-state index in [1.54, 1.807) is 13.8 Å². The van der Waals surface area contributed by atoms with Crippen LogP contribution in [0.2, 0.25) is 0 Å². The Morgan fingerprint density at radius 1 is 1.21 bits per heavy atom. The minimum Gasteiger partial charge on any atom is -0.464 e. The average Bonchev–Trinajstić information content (AvgIpc) is 3.22. The maximum Gasteiger partial charge on any atom is 0.359 e. The zero-order chi connectivity index (χ0) is 23.8. The second-order valence-electron chi connectivity index (χ2n) is 8.07. The predicted octanol–water partition coefficient (Wildman–Crippen LogP) is 2.85. The van der Waals surface area contributed by atoms with Crippen molar-refractivity contribution >= 4 is 23.5 Å². The summed E-state index contributed by atoms with van der Waals surface area (Å²) in [6.07, 6.45) is 1.34. The van der Waals surface area contributed by atoms with E-state index in [0.29, 0.717) is 11.3 Å². The van der Waals surface area contributed by atoms with Gasteiger partial charge in [0.05, 0.1) is 20.0 Å². The molecule has 2 heterocycles. The van der Waals surface area contributed by atoms with E-state index >= 15 is 0 Å². The van der Waals surface area contributed by atoms with Crippen LogP contribution in [0.4, 0.5) is 10.1 Å². The largest absolute Gasteiger partial charge is 0.464 e. The molecule has 9 heteroatoms. The first kappa shape index (κ1) is 22.2. The number of carbonyl (C=O) groups is 3. The van der Waals surface area contributed by atoms with Crippen molar-refractivity contribution in [1.82, 2.24) is 14.9 Å². The zero-order valence-electron chi connectivity index (χ0n) is 18.5. The molecule has 0 aliphatic carbocycles. The molecule has 0 bridgehead atoms. The van der Waals surface area contributed by atoms with Crippen LogP contribution in [0.25, 0.3) is 0 Å². The molecule has 1 atom stereocenters. The van der Waals surface area contributed by atoms with Gasteiger partial charge in [0, 0.05) is 12.2 Å². The van der Waals surface area contributed by atoms with Crippen LogP contribution in [0.15, 0.2) is 54.9 Å². The highest BCUT2D eigenvalue weighted by molar-refractivity contribution is 6.15. The fourth-order valence-corrected chi connectivity index (χ4v) is 4.09. The van der Waals surface area contributed by atoms with E-state index in [9.17, 15) is 18.8 Å². The van der Waals surface area contributed by atoms with E-state index in [4.69, 9.17) is 4.74 Å². The van der Waals surface area contributed by atoms with Gasteiger partial charge in [0.25, 0.3) is 5.91 Å². The first-order chi connectivity index (χ1) is 15.8. The van der Waals surface area contributed by atoms with Crippen LogP contribution in [0.5, 0.6) is 0 Å². The lowest BCUT2D eigenvalue weighted by Crippen LogP contribution is -2.64. The van der Waals surface area contributed by atoms with Crippen LogP contribution in [-0.4, -0.2) is 40.0 Å². The number of nitrogens with zero attached hydrogens (tertiary/aromatic N) is 3. The number of hydrogen-bond acceptors (Lipinski definition) is 5. The van der Waals surface area contributed by atoms with Gasteiger partial charge in [-0.15, -0.1) is 0 Å². The molecule has 4 rings (SSSR count). The molecule has 0 radical (unpaired) electrons. The summed E-state index contributed by atoms with van der Waals surface area (Å²) in [6.45, 7) is 3.59. The number of methoxy groups -OCH3 is 1. The van der Waals surface area contributed by atoms with Gasteiger partial charge in [-0.2, -0.15) is 0 Å². The molecule has 0 saturated carbocycles. The first-order valence-electron chi connectivity index (χ1n) is 10.3. The maximum atomic E-state index is 13.8. The minimum atomic E-state index is -1.38. The number of benzene rings is 2. The van der Waals surface area contributed by atoms with Crippen LogP contribution < -0.4 is 10.2 Å². The number of aryl methyl sites for hydroxylation is 1. The number of nitrogens with one attached hydrogen (secondary N) is 1. The maximum absolute atomic E-state index is 13.8. The molecule has 1 N–H and O–H groups in total. The van der Waals surface area contributed by atoms with Crippen molar-refractivity contribution in [2.24, 2.45) is 0 Å². The SMILES string of the molecule is COC(=O)c1ncn2c1C(=O)N(c1ccc(F)cc1C)[C@@](C)(C(=O)NCc1ccccc1)C2. The van der Waals surface area contributed by atoms with Gasteiger partial charge in [0.15, 0.2) is 5.69 Å². The Balaban J connectivity index is 1.79. The Bertz CT molecular complexity index is 1240. The van der Waals surface area contributed by atoms with Crippen molar-refractivity contribution in [3.05, 3.63) is 83.2 Å². The number of esters is 1. The van der Waals surface area contributed by atoms with Crippen molar-refractivity contribution in [2.45, 2.75) is 32.5 Å². The number of aromatic nitrogens is 2. The predicted molar refractivity (Wildman–Crippen MR) is 118 cm³/mol. The van der Waals surface area contributed by atoms with Crippen LogP contribution in [0, 0.1) is 12.7 Å². The number of fused-ring (bicyclic) bond motifs is 1. The van der Waals surface area contributed by atoms with Gasteiger partial charge in [-0.05, 0) is 43.2 Å². The fraction of sp³-hybridized carbons (Fsp3) is 0.250. The normalized spacial score (nSPS) is 17.5. The van der Waals surface area contributed by atoms with Crippen molar-refractivity contribution < 1.29 is 23.5 Å². The second-order valence-corrected chi connectivity index (χ2v) is 8.07. The summed E-state index contributed by atoms with van der Waals surface area (Å²) < 4.78 is 20.1. The lowest BCUT2D eigenvalue weighted by molar-refractivity contribution is -0.126. The number of halogens is 1. The lowest BCUT2D eigenvalue weighted by atomic mass is 9.92. The van der Waals surface area contributed by atoms with E-state index in [0.717, 1.165) is 5.56 Å². The van der Waals surface area contributed by atoms with Gasteiger partial charge in [0.1, 0.15) is 17.1 Å². The first-order valence-corrected chi connectivity index (χ1v) is 10.3. The summed E-state index contributed by atoms with van der Waals surface area (Å²) in [5.74, 6) is -2.23. The van der Waals surface area contributed by atoms with Gasteiger partial charge in [-0.3, -0.25) is 14.5 Å². The number of carbonyl (C=O) groups excluding carboxylic acids is 3. The van der Waals surface area contributed by atoms with Crippen LogP contribution in [0.1, 0.15) is 39.0 Å². The van der Waals surface area contributed by atoms with Gasteiger partial charge in [0.2, 0.25) is 5.91 Å². The monoisotopic (exact) mass is 450 g/mol. The van der Waals surface area contributed by atoms with Crippen LogP contribution in [-0.2, 0) is 22.6 Å². The highest BCUT2D eigenvalue weighted by Gasteiger charge is 2.50. The Kier molecular flexibility index (Phi) is 5.71. The molecule has 0 fully saturated rings. The van der Waals surface area contributed by atoms with Gasteiger partial charge in [-0.25, -0.2) is 14.2 Å². The lowest BCUT2D eigenvalue weighted by Gasteiger charge is -2.44. The molecule has 1 aromatic heterocycles. The number of imidazole rings is 1. The summed E-state index contributed by atoms with van der Waals surface area (Å²) in [6, 6.07) is 13.4. The minimum absolute atomic E-state index is 0.0129. The third-order valence-corrected chi connectivity index (χ3v) is 5.78. The Morgan fingerprint density at radius 2 is 1.94 bits per heavy atom. The molecule has 170 valence electrons. The molecular weight excluding hydrogens is 427 g/mol. The molecule has 2 amide bonds. The summed E-state index contributed by atoms with van der Waals surface area (Å²) in [5.41, 5.74) is 0.227. The fourth-order valence-electron chi connectivity index (χ4n) is 4.09. The smallest absolute Gasteiger partial charge is 0.359 e. The van der Waals surface area contributed by atoms with E-state index in [-0.39, 0.29) is 24.5 Å². The molecule has 0 saturated heterocycles. The number of rotatable bonds is 5. The van der Waals surface area contributed by atoms with Gasteiger partial charge >= 0.3 is 5.97 Å². The van der Waals surface area contributed by atoms with Crippen molar-refractivity contribution in [3.63, 3.8) is 0 Å².